The van der Waals surface area contributed by atoms with E-state index in [9.17, 15) is 4.79 Å². The Morgan fingerprint density at radius 3 is 2.26 bits per heavy atom. The molecule has 0 radical (unpaired) electrons. The van der Waals surface area contributed by atoms with Gasteiger partial charge < -0.3 is 42.3 Å². The first kappa shape index (κ1) is 42.3. The topological polar surface area (TPSA) is 100 Å². The van der Waals surface area contributed by atoms with Crippen molar-refractivity contribution in [3.05, 3.63) is 24.3 Å². The van der Waals surface area contributed by atoms with E-state index in [2.05, 4.69) is 67.8 Å². The lowest BCUT2D eigenvalue weighted by molar-refractivity contribution is -0.292. The highest BCUT2D eigenvalue weighted by Crippen LogP contribution is 2.54. The summed E-state index contributed by atoms with van der Waals surface area (Å²) in [7, 11) is -1.88. The zero-order valence-corrected chi connectivity index (χ0v) is 37.8. The maximum atomic E-state index is 14.3. The van der Waals surface area contributed by atoms with E-state index in [-0.39, 0.29) is 108 Å². The van der Waals surface area contributed by atoms with Crippen molar-refractivity contribution in [2.24, 2.45) is 23.7 Å². The van der Waals surface area contributed by atoms with Crippen molar-refractivity contribution in [3.8, 4) is 0 Å². The molecule has 10 heterocycles. The van der Waals surface area contributed by atoms with Crippen molar-refractivity contribution >= 4 is 14.1 Å². The minimum Gasteiger partial charge on any atom is -0.417 e. The summed E-state index contributed by atoms with van der Waals surface area (Å²) in [6, 6.07) is 0. The summed E-state index contributed by atoms with van der Waals surface area (Å²) in [5.41, 5.74) is 2.32. The first-order valence-electron chi connectivity index (χ1n) is 23.3. The summed E-state index contributed by atoms with van der Waals surface area (Å²) in [6.07, 6.45) is 8.52. The number of hydrogen-bond donors (Lipinski definition) is 0. The number of carbonyl (C=O) groups excluding carboxylic acids is 1. The highest BCUT2D eigenvalue weighted by Gasteiger charge is 2.68. The predicted octanol–water partition coefficient (Wildman–Crippen LogP) is 8.40. The highest BCUT2D eigenvalue weighted by atomic mass is 28.4. The lowest BCUT2D eigenvalue weighted by atomic mass is 9.78. The van der Waals surface area contributed by atoms with E-state index in [4.69, 9.17) is 42.3 Å². The average Bonchev–Trinajstić information content (AvgIpc) is 3.82. The molecule has 10 fully saturated rings. The molecule has 19 atom stereocenters. The van der Waals surface area contributed by atoms with E-state index in [1.54, 1.807) is 0 Å². The molecule has 0 N–H and O–H groups in total. The Bertz CT molecular complexity index is 1560. The van der Waals surface area contributed by atoms with Gasteiger partial charge in [0.15, 0.2) is 14.1 Å². The van der Waals surface area contributed by atoms with E-state index in [0.29, 0.717) is 31.1 Å². The zero-order chi connectivity index (χ0) is 40.9. The predicted molar refractivity (Wildman–Crippen MR) is 222 cm³/mol. The third-order valence-electron chi connectivity index (χ3n) is 16.6. The number of rotatable bonds is 5. The molecule has 0 aromatic heterocycles. The normalized spacial score (nSPS) is 48.8. The molecule has 11 heteroatoms. The quantitative estimate of drug-likeness (QED) is 0.199. The van der Waals surface area contributed by atoms with Gasteiger partial charge in [-0.05, 0) is 104 Å². The Kier molecular flexibility index (Phi) is 11.7. The second-order valence-corrected chi connectivity index (χ2v) is 26.7. The van der Waals surface area contributed by atoms with Crippen LogP contribution in [0.25, 0.3) is 0 Å². The van der Waals surface area contributed by atoms with E-state index >= 15 is 0 Å². The largest absolute Gasteiger partial charge is 0.417 e. The molecule has 0 amide bonds. The second-order valence-electron chi connectivity index (χ2n) is 21.9. The van der Waals surface area contributed by atoms with Crippen LogP contribution >= 0.6 is 0 Å². The fourth-order valence-corrected chi connectivity index (χ4v) is 13.1. The molecule has 326 valence electrons. The second kappa shape index (κ2) is 16.0. The molecule has 10 nitrogen and oxygen atoms in total. The monoisotopic (exact) mass is 827 g/mol. The van der Waals surface area contributed by atoms with Crippen molar-refractivity contribution in [1.82, 2.24) is 0 Å². The molecule has 1 spiro atoms. The Labute approximate surface area is 349 Å². The van der Waals surface area contributed by atoms with Crippen LogP contribution in [0.3, 0.4) is 0 Å². The number of ketones is 1. The molecule has 0 aromatic rings. The third-order valence-corrected chi connectivity index (χ3v) is 21.1. The molecule has 0 saturated carbocycles. The fraction of sp³-hybridized carbons (Fsp3) is 0.894. The van der Waals surface area contributed by atoms with Crippen molar-refractivity contribution < 1.29 is 47.1 Å². The van der Waals surface area contributed by atoms with Gasteiger partial charge in [0, 0.05) is 38.7 Å². The minimum atomic E-state index is -1.88. The maximum Gasteiger partial charge on any atom is 0.191 e. The van der Waals surface area contributed by atoms with Crippen LogP contribution in [0.2, 0.25) is 18.1 Å². The van der Waals surface area contributed by atoms with Gasteiger partial charge in [0.1, 0.15) is 36.3 Å². The van der Waals surface area contributed by atoms with E-state index in [1.165, 1.54) is 5.57 Å². The van der Waals surface area contributed by atoms with Crippen LogP contribution in [0.15, 0.2) is 24.3 Å². The fourth-order valence-electron chi connectivity index (χ4n) is 11.9. The number of carbonyl (C=O) groups is 1. The molecule has 0 aliphatic carbocycles. The van der Waals surface area contributed by atoms with Gasteiger partial charge in [-0.2, -0.15) is 0 Å². The first-order valence-corrected chi connectivity index (χ1v) is 26.2. The number of fused-ring (bicyclic) bond motifs is 6. The highest BCUT2D eigenvalue weighted by molar-refractivity contribution is 6.74. The van der Waals surface area contributed by atoms with Crippen LogP contribution < -0.4 is 0 Å². The van der Waals surface area contributed by atoms with Crippen LogP contribution in [0.5, 0.6) is 0 Å². The van der Waals surface area contributed by atoms with Crippen molar-refractivity contribution in [3.63, 3.8) is 0 Å². The molecule has 10 aliphatic rings. The summed E-state index contributed by atoms with van der Waals surface area (Å²) in [5.74, 6) is 0.467. The molecule has 12 bridgehead atoms. The van der Waals surface area contributed by atoms with Gasteiger partial charge in [0.25, 0.3) is 0 Å². The van der Waals surface area contributed by atoms with E-state index < -0.39 is 14.1 Å². The van der Waals surface area contributed by atoms with Crippen molar-refractivity contribution in [2.75, 3.05) is 6.61 Å². The standard InChI is InChI=1S/C47H74O10Si/c1-25(24-49-58(9,10)46(6,7)8)17-37-29(5)34-21-30(48)20-32-12-14-36-41(52-32)45-44-43(54-36)42-40(55-44)23-47(56-42,57-45)16-15-33-19-27(3)35(50-33)13-11-31-18-26(2)28(4)38(51-31)22-39(34)53-37/h25-26,29,31-45H,3-4,11-24H2,1-2,5-10H3. The Hall–Kier alpha value is -0.993. The van der Waals surface area contributed by atoms with Crippen LogP contribution in [0.1, 0.15) is 125 Å². The van der Waals surface area contributed by atoms with Crippen molar-refractivity contribution in [2.45, 2.75) is 234 Å². The van der Waals surface area contributed by atoms with E-state index in [1.807, 2.05) is 0 Å². The Balaban J connectivity index is 0.953. The molecular formula is C47H74O10Si. The zero-order valence-electron chi connectivity index (χ0n) is 36.8. The van der Waals surface area contributed by atoms with Gasteiger partial charge in [0.05, 0.1) is 54.9 Å². The van der Waals surface area contributed by atoms with Crippen molar-refractivity contribution in [1.29, 1.82) is 0 Å². The Morgan fingerprint density at radius 2 is 1.47 bits per heavy atom. The molecule has 10 rings (SSSR count). The summed E-state index contributed by atoms with van der Waals surface area (Å²) >= 11 is 0. The van der Waals surface area contributed by atoms with Crippen LogP contribution in [0, 0.1) is 23.7 Å². The molecule has 19 unspecified atom stereocenters. The number of ether oxygens (including phenoxy) is 8. The van der Waals surface area contributed by atoms with Gasteiger partial charge in [-0.1, -0.05) is 54.7 Å². The maximum absolute atomic E-state index is 14.3. The summed E-state index contributed by atoms with van der Waals surface area (Å²) in [6.45, 7) is 28.2. The van der Waals surface area contributed by atoms with Gasteiger partial charge in [-0.15, -0.1) is 0 Å². The molecule has 10 saturated heterocycles. The third kappa shape index (κ3) is 8.07. The molecule has 0 aromatic carbocycles. The van der Waals surface area contributed by atoms with Gasteiger partial charge >= 0.3 is 0 Å². The van der Waals surface area contributed by atoms with E-state index in [0.717, 1.165) is 76.4 Å². The smallest absolute Gasteiger partial charge is 0.191 e. The SMILES string of the molecule is C=C1CC2CCC34CC5OC6C(OC7CCC(CC(=O)CC8C(CC9OC(CCC1O2)CC(C)C9=C)OC(CC(C)CO[Si](C)(C)C(C)(C)C)C8C)OC7C6O3)C5O4. The summed E-state index contributed by atoms with van der Waals surface area (Å²) in [4.78, 5) is 14.3. The molecule has 58 heavy (non-hydrogen) atoms. The van der Waals surface area contributed by atoms with Gasteiger partial charge in [-0.3, -0.25) is 4.79 Å². The summed E-state index contributed by atoms with van der Waals surface area (Å²) in [5, 5.41) is 0.162. The van der Waals surface area contributed by atoms with Gasteiger partial charge in [-0.25, -0.2) is 0 Å². The molecular weight excluding hydrogens is 753 g/mol. The summed E-state index contributed by atoms with van der Waals surface area (Å²) < 4.78 is 61.6. The number of Topliss-reactive ketones (excluding diaryl/α,β-unsaturated/α-hetero) is 1. The lowest BCUT2D eigenvalue weighted by Gasteiger charge is -2.47. The Morgan fingerprint density at radius 1 is 0.759 bits per heavy atom. The number of hydrogen-bond acceptors (Lipinski definition) is 10. The van der Waals surface area contributed by atoms with Crippen LogP contribution in [0.4, 0.5) is 0 Å². The average molecular weight is 827 g/mol. The minimum absolute atomic E-state index is 0.0185. The van der Waals surface area contributed by atoms with Gasteiger partial charge in [0.2, 0.25) is 0 Å². The van der Waals surface area contributed by atoms with Crippen LogP contribution in [-0.4, -0.2) is 112 Å². The molecule has 10 aliphatic heterocycles. The first-order chi connectivity index (χ1) is 27.5. The van der Waals surface area contributed by atoms with Crippen LogP contribution in [-0.2, 0) is 47.1 Å². The lowest BCUT2D eigenvalue weighted by Crippen LogP contribution is -2.61.